The molecule has 0 saturated carbocycles. The minimum absolute atomic E-state index is 0.0742. The molecule has 31 heavy (non-hydrogen) atoms. The van der Waals surface area contributed by atoms with E-state index in [0.717, 1.165) is 11.3 Å². The van der Waals surface area contributed by atoms with E-state index in [1.165, 1.54) is 4.31 Å². The Kier molecular flexibility index (Phi) is 9.89. The van der Waals surface area contributed by atoms with Gasteiger partial charge in [-0.25, -0.2) is 13.4 Å². The van der Waals surface area contributed by atoms with Crippen LogP contribution in [0.15, 0.2) is 23.1 Å². The third-order valence-corrected chi connectivity index (χ3v) is 7.08. The molecule has 174 valence electrons. The third-order valence-electron chi connectivity index (χ3n) is 5.03. The van der Waals surface area contributed by atoms with Gasteiger partial charge in [-0.05, 0) is 25.1 Å². The van der Waals surface area contributed by atoms with Gasteiger partial charge in [0.05, 0.1) is 35.7 Å². The van der Waals surface area contributed by atoms with E-state index in [0.29, 0.717) is 64.4 Å². The highest BCUT2D eigenvalue weighted by atomic mass is 32.2. The maximum absolute atomic E-state index is 12.8. The molecule has 0 spiro atoms. The summed E-state index contributed by atoms with van der Waals surface area (Å²) in [5, 5.41) is 2.83. The molecule has 0 aliphatic rings. The zero-order valence-corrected chi connectivity index (χ0v) is 19.7. The number of amides is 1. The molecule has 1 heterocycles. The summed E-state index contributed by atoms with van der Waals surface area (Å²) in [6.45, 7) is 9.06. The molecule has 1 aromatic carbocycles. The largest absolute Gasteiger partial charge is 0.382 e. The van der Waals surface area contributed by atoms with Crippen LogP contribution in [-0.4, -0.2) is 74.7 Å². The standard InChI is InChI=1S/C21H34N4O5S/c1-5-24(6-2)31(27,28)17-8-9-19-18(16-17)23-20(25(19)7-3)10-11-21(26)22-12-13-30-15-14-29-4/h8-9,16H,5-7,10-15H2,1-4H3,(H,22,26). The van der Waals surface area contributed by atoms with Gasteiger partial charge in [0.15, 0.2) is 0 Å². The quantitative estimate of drug-likeness (QED) is 0.437. The topological polar surface area (TPSA) is 103 Å². The zero-order chi connectivity index (χ0) is 22.9. The second-order valence-corrected chi connectivity index (χ2v) is 8.91. The molecule has 1 aromatic heterocycles. The van der Waals surface area contributed by atoms with Crippen molar-refractivity contribution in [3.8, 4) is 0 Å². The molecule has 0 unspecified atom stereocenters. The Balaban J connectivity index is 2.07. The Labute approximate surface area is 184 Å². The average molecular weight is 455 g/mol. The molecule has 0 fully saturated rings. The van der Waals surface area contributed by atoms with Crippen LogP contribution in [0.4, 0.5) is 0 Å². The lowest BCUT2D eigenvalue weighted by Gasteiger charge is -2.18. The maximum Gasteiger partial charge on any atom is 0.243 e. The van der Waals surface area contributed by atoms with Gasteiger partial charge in [0.1, 0.15) is 5.82 Å². The highest BCUT2D eigenvalue weighted by Gasteiger charge is 2.23. The Morgan fingerprint density at radius 3 is 2.55 bits per heavy atom. The molecule has 0 aliphatic carbocycles. The minimum Gasteiger partial charge on any atom is -0.382 e. The molecule has 2 aromatic rings. The van der Waals surface area contributed by atoms with Crippen LogP contribution in [0.1, 0.15) is 33.0 Å². The summed E-state index contributed by atoms with van der Waals surface area (Å²) in [6.07, 6.45) is 0.767. The number of carbonyl (C=O) groups is 1. The van der Waals surface area contributed by atoms with Gasteiger partial charge >= 0.3 is 0 Å². The van der Waals surface area contributed by atoms with E-state index in [4.69, 9.17) is 9.47 Å². The Hall–Kier alpha value is -2.01. The second-order valence-electron chi connectivity index (χ2n) is 6.97. The number of ether oxygens (including phenoxy) is 2. The van der Waals surface area contributed by atoms with Crippen molar-refractivity contribution < 1.29 is 22.7 Å². The van der Waals surface area contributed by atoms with Crippen molar-refractivity contribution in [2.24, 2.45) is 0 Å². The number of sulfonamides is 1. The van der Waals surface area contributed by atoms with Gasteiger partial charge in [0.2, 0.25) is 15.9 Å². The number of fused-ring (bicyclic) bond motifs is 1. The number of imidazole rings is 1. The van der Waals surface area contributed by atoms with Gasteiger partial charge < -0.3 is 19.4 Å². The van der Waals surface area contributed by atoms with Crippen molar-refractivity contribution in [3.05, 3.63) is 24.0 Å². The fraction of sp³-hybridized carbons (Fsp3) is 0.619. The van der Waals surface area contributed by atoms with E-state index in [9.17, 15) is 13.2 Å². The first-order valence-electron chi connectivity index (χ1n) is 10.7. The number of aryl methyl sites for hydroxylation is 2. The lowest BCUT2D eigenvalue weighted by molar-refractivity contribution is -0.121. The van der Waals surface area contributed by atoms with Crippen molar-refractivity contribution in [2.45, 2.75) is 45.1 Å². The fourth-order valence-electron chi connectivity index (χ4n) is 3.40. The summed E-state index contributed by atoms with van der Waals surface area (Å²) in [6, 6.07) is 5.04. The van der Waals surface area contributed by atoms with Crippen molar-refractivity contribution in [3.63, 3.8) is 0 Å². The molecule has 0 radical (unpaired) electrons. The van der Waals surface area contributed by atoms with Crippen LogP contribution in [-0.2, 0) is 37.3 Å². The number of carbonyl (C=O) groups excluding carboxylic acids is 1. The van der Waals surface area contributed by atoms with Gasteiger partial charge in [-0.2, -0.15) is 4.31 Å². The van der Waals surface area contributed by atoms with Crippen LogP contribution >= 0.6 is 0 Å². The van der Waals surface area contributed by atoms with E-state index < -0.39 is 10.0 Å². The maximum atomic E-state index is 12.8. The van der Waals surface area contributed by atoms with Gasteiger partial charge in [-0.15, -0.1) is 0 Å². The minimum atomic E-state index is -3.55. The van der Waals surface area contributed by atoms with E-state index in [1.54, 1.807) is 25.3 Å². The lowest BCUT2D eigenvalue weighted by Crippen LogP contribution is -2.30. The number of aromatic nitrogens is 2. The number of rotatable bonds is 14. The molecule has 1 amide bonds. The summed E-state index contributed by atoms with van der Waals surface area (Å²) in [4.78, 5) is 17.0. The van der Waals surface area contributed by atoms with Gasteiger partial charge in [0.25, 0.3) is 0 Å². The lowest BCUT2D eigenvalue weighted by atomic mass is 10.2. The SMILES string of the molecule is CCN(CC)S(=O)(=O)c1ccc2c(c1)nc(CCC(=O)NCCOCCOC)n2CC. The van der Waals surface area contributed by atoms with Crippen LogP contribution < -0.4 is 5.32 Å². The van der Waals surface area contributed by atoms with Crippen LogP contribution in [0.2, 0.25) is 0 Å². The average Bonchev–Trinajstić information content (AvgIpc) is 3.12. The molecular weight excluding hydrogens is 420 g/mol. The van der Waals surface area contributed by atoms with Crippen molar-refractivity contribution >= 4 is 27.0 Å². The Morgan fingerprint density at radius 2 is 1.90 bits per heavy atom. The van der Waals surface area contributed by atoms with Crippen LogP contribution in [0.25, 0.3) is 11.0 Å². The number of nitrogens with one attached hydrogen (secondary N) is 1. The Bertz CT molecular complexity index is 954. The summed E-state index contributed by atoms with van der Waals surface area (Å²) in [5.41, 5.74) is 1.49. The monoisotopic (exact) mass is 454 g/mol. The zero-order valence-electron chi connectivity index (χ0n) is 18.9. The number of hydrogen-bond donors (Lipinski definition) is 1. The molecule has 9 nitrogen and oxygen atoms in total. The van der Waals surface area contributed by atoms with Crippen molar-refractivity contribution in [2.75, 3.05) is 46.6 Å². The van der Waals surface area contributed by atoms with E-state index in [1.807, 2.05) is 25.3 Å². The smallest absolute Gasteiger partial charge is 0.243 e. The normalized spacial score (nSPS) is 12.0. The molecule has 0 atom stereocenters. The highest BCUT2D eigenvalue weighted by molar-refractivity contribution is 7.89. The fourth-order valence-corrected chi connectivity index (χ4v) is 4.88. The predicted molar refractivity (Wildman–Crippen MR) is 120 cm³/mol. The summed E-state index contributed by atoms with van der Waals surface area (Å²) < 4.78 is 39.3. The van der Waals surface area contributed by atoms with E-state index in [2.05, 4.69) is 10.3 Å². The number of nitrogens with zero attached hydrogens (tertiary/aromatic N) is 3. The van der Waals surface area contributed by atoms with Gasteiger partial charge in [-0.3, -0.25) is 4.79 Å². The second kappa shape index (κ2) is 12.1. The molecule has 2 rings (SSSR count). The van der Waals surface area contributed by atoms with Gasteiger partial charge in [-0.1, -0.05) is 13.8 Å². The number of hydrogen-bond acceptors (Lipinski definition) is 6. The van der Waals surface area contributed by atoms with Crippen molar-refractivity contribution in [1.82, 2.24) is 19.2 Å². The van der Waals surface area contributed by atoms with E-state index >= 15 is 0 Å². The first-order chi connectivity index (χ1) is 14.9. The molecule has 1 N–H and O–H groups in total. The first kappa shape index (κ1) is 25.3. The van der Waals surface area contributed by atoms with Gasteiger partial charge in [0, 0.05) is 46.1 Å². The summed E-state index contributed by atoms with van der Waals surface area (Å²) in [7, 11) is -1.94. The third kappa shape index (κ3) is 6.49. The highest BCUT2D eigenvalue weighted by Crippen LogP contribution is 2.23. The molecule has 0 aliphatic heterocycles. The van der Waals surface area contributed by atoms with Crippen LogP contribution in [0.5, 0.6) is 0 Å². The van der Waals surface area contributed by atoms with Crippen molar-refractivity contribution in [1.29, 1.82) is 0 Å². The van der Waals surface area contributed by atoms with Crippen LogP contribution in [0, 0.1) is 0 Å². The number of methoxy groups -OCH3 is 1. The van der Waals surface area contributed by atoms with Crippen LogP contribution in [0.3, 0.4) is 0 Å². The summed E-state index contributed by atoms with van der Waals surface area (Å²) >= 11 is 0. The predicted octanol–water partition coefficient (Wildman–Crippen LogP) is 1.80. The molecule has 10 heteroatoms. The van der Waals surface area contributed by atoms with E-state index in [-0.39, 0.29) is 10.8 Å². The molecular formula is C21H34N4O5S. The number of benzene rings is 1. The molecule has 0 saturated heterocycles. The summed E-state index contributed by atoms with van der Waals surface area (Å²) in [5.74, 6) is 0.691. The first-order valence-corrected chi connectivity index (χ1v) is 12.2. The molecule has 0 bridgehead atoms. The Morgan fingerprint density at radius 1 is 1.16 bits per heavy atom.